The smallest absolute Gasteiger partial charge is 0.263 e. The normalized spacial score (nSPS) is 16.8. The van der Waals surface area contributed by atoms with Crippen LogP contribution in [0.1, 0.15) is 13.3 Å². The quantitative estimate of drug-likeness (QED) is 0.438. The van der Waals surface area contributed by atoms with Crippen LogP contribution in [-0.2, 0) is 14.8 Å². The van der Waals surface area contributed by atoms with Gasteiger partial charge in [-0.25, -0.2) is 13.4 Å². The molecule has 12 heteroatoms. The summed E-state index contributed by atoms with van der Waals surface area (Å²) in [7, 11) is -3.70. The van der Waals surface area contributed by atoms with Gasteiger partial charge in [0.25, 0.3) is 15.9 Å². The van der Waals surface area contributed by atoms with Crippen molar-refractivity contribution < 1.29 is 17.9 Å². The maximum atomic E-state index is 12.6. The molecule has 8 nitrogen and oxygen atoms in total. The average molecular weight is 541 g/mol. The van der Waals surface area contributed by atoms with E-state index in [0.29, 0.717) is 22.4 Å². The summed E-state index contributed by atoms with van der Waals surface area (Å²) in [5.41, 5.74) is 0.875. The van der Waals surface area contributed by atoms with E-state index >= 15 is 0 Å². The number of anilines is 2. The molecule has 0 unspecified atom stereocenters. The summed E-state index contributed by atoms with van der Waals surface area (Å²) in [4.78, 5) is 18.8. The second-order valence-electron chi connectivity index (χ2n) is 7.69. The number of carbonyl (C=O) groups is 1. The van der Waals surface area contributed by atoms with Crippen LogP contribution < -0.4 is 19.7 Å². The third kappa shape index (κ3) is 5.75. The topological polar surface area (TPSA) is 101 Å². The minimum absolute atomic E-state index is 0.0663. The Morgan fingerprint density at radius 1 is 1.24 bits per heavy atom. The molecule has 1 aliphatic rings. The SMILES string of the molecule is C[C@@H](Oc1cccc(Cl)c1Cl)C(=O)N[C@H]1CCN(c2ccc(S(=O)(=O)Nc3nccs3)cc2)C1. The molecule has 2 aromatic carbocycles. The number of amides is 1. The van der Waals surface area contributed by atoms with Gasteiger partial charge in [-0.05, 0) is 49.7 Å². The summed E-state index contributed by atoms with van der Waals surface area (Å²) < 4.78 is 33.2. The number of thiazole rings is 1. The summed E-state index contributed by atoms with van der Waals surface area (Å²) in [5.74, 6) is 0.0989. The predicted octanol–water partition coefficient (Wildman–Crippen LogP) is 4.41. The van der Waals surface area contributed by atoms with E-state index < -0.39 is 16.1 Å². The van der Waals surface area contributed by atoms with Crippen LogP contribution in [-0.4, -0.2) is 44.5 Å². The fourth-order valence-corrected chi connectivity index (χ4v) is 5.66. The lowest BCUT2D eigenvalue weighted by atomic mass is 10.2. The van der Waals surface area contributed by atoms with Gasteiger partial charge in [0.05, 0.1) is 9.92 Å². The number of hydrogen-bond donors (Lipinski definition) is 2. The summed E-state index contributed by atoms with van der Waals surface area (Å²) in [6, 6.07) is 11.6. The highest BCUT2D eigenvalue weighted by atomic mass is 35.5. The molecule has 0 spiro atoms. The number of halogens is 2. The molecule has 2 atom stereocenters. The molecule has 2 N–H and O–H groups in total. The monoisotopic (exact) mass is 540 g/mol. The van der Waals surface area contributed by atoms with Crippen molar-refractivity contribution in [2.75, 3.05) is 22.7 Å². The van der Waals surface area contributed by atoms with Crippen molar-refractivity contribution >= 4 is 61.3 Å². The first-order chi connectivity index (χ1) is 16.2. The van der Waals surface area contributed by atoms with Crippen LogP contribution in [0.25, 0.3) is 0 Å². The van der Waals surface area contributed by atoms with Crippen molar-refractivity contribution in [1.82, 2.24) is 10.3 Å². The predicted molar refractivity (Wildman–Crippen MR) is 135 cm³/mol. The zero-order valence-electron chi connectivity index (χ0n) is 18.1. The Hall–Kier alpha value is -2.53. The molecular weight excluding hydrogens is 519 g/mol. The van der Waals surface area contributed by atoms with Crippen molar-refractivity contribution in [1.29, 1.82) is 0 Å². The fourth-order valence-electron chi connectivity index (χ4n) is 3.53. The number of benzene rings is 2. The molecule has 1 aliphatic heterocycles. The van der Waals surface area contributed by atoms with Crippen LogP contribution in [0.3, 0.4) is 0 Å². The summed E-state index contributed by atoms with van der Waals surface area (Å²) in [6.07, 6.45) is 1.54. The summed E-state index contributed by atoms with van der Waals surface area (Å²) >= 11 is 13.3. The lowest BCUT2D eigenvalue weighted by Gasteiger charge is -2.21. The van der Waals surface area contributed by atoms with Gasteiger partial charge in [0, 0.05) is 36.4 Å². The van der Waals surface area contributed by atoms with Crippen molar-refractivity contribution in [3.05, 3.63) is 64.1 Å². The first-order valence-electron chi connectivity index (χ1n) is 10.4. The largest absolute Gasteiger partial charge is 0.479 e. The first-order valence-corrected chi connectivity index (χ1v) is 13.5. The van der Waals surface area contributed by atoms with E-state index in [1.165, 1.54) is 17.5 Å². The van der Waals surface area contributed by atoms with Crippen molar-refractivity contribution in [2.45, 2.75) is 30.4 Å². The van der Waals surface area contributed by atoms with Gasteiger partial charge in [-0.15, -0.1) is 11.3 Å². The molecule has 34 heavy (non-hydrogen) atoms. The number of sulfonamides is 1. The molecule has 0 radical (unpaired) electrons. The Kier molecular flexibility index (Phi) is 7.51. The van der Waals surface area contributed by atoms with Gasteiger partial charge in [0.2, 0.25) is 0 Å². The van der Waals surface area contributed by atoms with Crippen LogP contribution in [0, 0.1) is 0 Å². The van der Waals surface area contributed by atoms with Gasteiger partial charge < -0.3 is 15.0 Å². The Bertz CT molecular complexity index is 1250. The van der Waals surface area contributed by atoms with E-state index in [4.69, 9.17) is 27.9 Å². The first kappa shape index (κ1) is 24.6. The molecule has 3 aromatic rings. The number of aromatic nitrogens is 1. The zero-order chi connectivity index (χ0) is 24.3. The van der Waals surface area contributed by atoms with Crippen LogP contribution in [0.15, 0.2) is 58.9 Å². The van der Waals surface area contributed by atoms with Crippen LogP contribution in [0.5, 0.6) is 5.75 Å². The van der Waals surface area contributed by atoms with E-state index in [0.717, 1.165) is 18.7 Å². The molecule has 4 rings (SSSR count). The molecule has 0 bridgehead atoms. The van der Waals surface area contributed by atoms with Gasteiger partial charge in [0.1, 0.15) is 10.8 Å². The minimum Gasteiger partial charge on any atom is -0.479 e. The third-order valence-corrected chi connectivity index (χ3v) is 8.26. The van der Waals surface area contributed by atoms with E-state index in [2.05, 4.69) is 19.9 Å². The van der Waals surface area contributed by atoms with E-state index in [1.807, 2.05) is 0 Å². The van der Waals surface area contributed by atoms with Crippen LogP contribution in [0.4, 0.5) is 10.8 Å². The average Bonchev–Trinajstić information content (AvgIpc) is 3.49. The maximum absolute atomic E-state index is 12.6. The fraction of sp³-hybridized carbons (Fsp3) is 0.273. The molecule has 0 aliphatic carbocycles. The Labute approximate surface area is 211 Å². The highest BCUT2D eigenvalue weighted by molar-refractivity contribution is 7.93. The Morgan fingerprint density at radius 2 is 2.00 bits per heavy atom. The maximum Gasteiger partial charge on any atom is 0.263 e. The van der Waals surface area contributed by atoms with Gasteiger partial charge in [-0.3, -0.25) is 9.52 Å². The number of rotatable bonds is 8. The van der Waals surface area contributed by atoms with Crippen LogP contribution in [0.2, 0.25) is 10.0 Å². The molecule has 2 heterocycles. The second-order valence-corrected chi connectivity index (χ2v) is 11.1. The van der Waals surface area contributed by atoms with Crippen molar-refractivity contribution in [2.24, 2.45) is 0 Å². The van der Waals surface area contributed by atoms with E-state index in [-0.39, 0.29) is 21.9 Å². The number of nitrogens with one attached hydrogen (secondary N) is 2. The van der Waals surface area contributed by atoms with Gasteiger partial charge in [0.15, 0.2) is 11.2 Å². The van der Waals surface area contributed by atoms with Gasteiger partial charge in [-0.1, -0.05) is 29.3 Å². The summed E-state index contributed by atoms with van der Waals surface area (Å²) in [6.45, 7) is 2.97. The third-order valence-electron chi connectivity index (χ3n) is 5.29. The molecule has 0 saturated carbocycles. The molecule has 180 valence electrons. The van der Waals surface area contributed by atoms with Crippen molar-refractivity contribution in [3.63, 3.8) is 0 Å². The lowest BCUT2D eigenvalue weighted by molar-refractivity contribution is -0.127. The van der Waals surface area contributed by atoms with Gasteiger partial charge >= 0.3 is 0 Å². The minimum atomic E-state index is -3.70. The van der Waals surface area contributed by atoms with E-state index in [1.54, 1.807) is 54.8 Å². The Morgan fingerprint density at radius 3 is 2.71 bits per heavy atom. The molecule has 1 saturated heterocycles. The Balaban J connectivity index is 1.32. The number of carbonyl (C=O) groups excluding carboxylic acids is 1. The van der Waals surface area contributed by atoms with Crippen molar-refractivity contribution in [3.8, 4) is 5.75 Å². The standard InChI is InChI=1S/C22H22Cl2N4O4S2/c1-14(32-19-4-2-3-18(23)20(19)24)21(29)26-15-9-11-28(13-15)16-5-7-17(8-6-16)34(30,31)27-22-25-10-12-33-22/h2-8,10,12,14-15H,9,11,13H2,1H3,(H,25,27)(H,26,29)/t14-,15+/m1/s1. The zero-order valence-corrected chi connectivity index (χ0v) is 21.2. The number of ether oxygens (including phenoxy) is 1. The second kappa shape index (κ2) is 10.4. The van der Waals surface area contributed by atoms with Crippen LogP contribution >= 0.6 is 34.5 Å². The number of nitrogens with zero attached hydrogens (tertiary/aromatic N) is 2. The molecule has 1 fully saturated rings. The summed E-state index contributed by atoms with van der Waals surface area (Å²) in [5, 5.41) is 5.64. The lowest BCUT2D eigenvalue weighted by Crippen LogP contribution is -2.43. The van der Waals surface area contributed by atoms with Gasteiger partial charge in [-0.2, -0.15) is 0 Å². The molecule has 1 amide bonds. The molecular formula is C22H22Cl2N4O4S2. The number of hydrogen-bond acceptors (Lipinski definition) is 7. The highest BCUT2D eigenvalue weighted by Crippen LogP contribution is 2.32. The highest BCUT2D eigenvalue weighted by Gasteiger charge is 2.27. The molecule has 1 aromatic heterocycles. The van der Waals surface area contributed by atoms with E-state index in [9.17, 15) is 13.2 Å².